The van der Waals surface area contributed by atoms with Crippen LogP contribution in [-0.2, 0) is 10.0 Å². The number of nitrogens with zero attached hydrogens (tertiary/aromatic N) is 1. The van der Waals surface area contributed by atoms with Crippen molar-refractivity contribution in [3.8, 4) is 0 Å². The standard InChI is InChI=1S/C14H24N2O3S/c1-4-16(10-5-11-17)13-6-8-14(9-7-13)20(18,19)15-12(2)3/h6-9,12,15,17H,4-5,10-11H2,1-3H3. The van der Waals surface area contributed by atoms with Crippen LogP contribution in [0.2, 0.25) is 0 Å². The summed E-state index contributed by atoms with van der Waals surface area (Å²) in [6.45, 7) is 7.34. The molecule has 20 heavy (non-hydrogen) atoms. The molecule has 0 atom stereocenters. The lowest BCUT2D eigenvalue weighted by atomic mass is 10.2. The van der Waals surface area contributed by atoms with Crippen molar-refractivity contribution < 1.29 is 13.5 Å². The second kappa shape index (κ2) is 7.61. The molecular formula is C14H24N2O3S. The zero-order valence-electron chi connectivity index (χ0n) is 12.3. The van der Waals surface area contributed by atoms with E-state index in [0.717, 1.165) is 18.8 Å². The molecule has 0 aliphatic rings. The van der Waals surface area contributed by atoms with Crippen molar-refractivity contribution in [2.24, 2.45) is 0 Å². The van der Waals surface area contributed by atoms with Crippen molar-refractivity contribution in [2.45, 2.75) is 38.1 Å². The fourth-order valence-electron chi connectivity index (χ4n) is 1.95. The summed E-state index contributed by atoms with van der Waals surface area (Å²) in [6, 6.07) is 6.70. The summed E-state index contributed by atoms with van der Waals surface area (Å²) < 4.78 is 26.6. The molecule has 0 aliphatic carbocycles. The Morgan fingerprint density at radius 1 is 1.25 bits per heavy atom. The van der Waals surface area contributed by atoms with Crippen LogP contribution in [0.1, 0.15) is 27.2 Å². The van der Waals surface area contributed by atoms with Gasteiger partial charge in [0.1, 0.15) is 0 Å². The summed E-state index contributed by atoms with van der Waals surface area (Å²) in [4.78, 5) is 2.37. The Bertz CT molecular complexity index is 498. The molecule has 0 fully saturated rings. The molecule has 6 heteroatoms. The highest BCUT2D eigenvalue weighted by molar-refractivity contribution is 7.89. The molecule has 0 unspecified atom stereocenters. The van der Waals surface area contributed by atoms with Gasteiger partial charge >= 0.3 is 0 Å². The summed E-state index contributed by atoms with van der Waals surface area (Å²) in [5.41, 5.74) is 0.962. The number of rotatable bonds is 8. The van der Waals surface area contributed by atoms with Crippen molar-refractivity contribution >= 4 is 15.7 Å². The highest BCUT2D eigenvalue weighted by Gasteiger charge is 2.15. The molecular weight excluding hydrogens is 276 g/mol. The number of hydrogen-bond acceptors (Lipinski definition) is 4. The number of benzene rings is 1. The largest absolute Gasteiger partial charge is 0.396 e. The summed E-state index contributed by atoms with van der Waals surface area (Å²) in [5, 5.41) is 8.88. The normalized spacial score (nSPS) is 11.8. The van der Waals surface area contributed by atoms with Crippen LogP contribution >= 0.6 is 0 Å². The minimum absolute atomic E-state index is 0.128. The predicted molar refractivity (Wildman–Crippen MR) is 81.5 cm³/mol. The first kappa shape index (κ1) is 16.9. The Labute approximate surface area is 121 Å². The summed E-state index contributed by atoms with van der Waals surface area (Å²) in [5.74, 6) is 0. The molecule has 0 spiro atoms. The Kier molecular flexibility index (Phi) is 6.45. The Morgan fingerprint density at radius 3 is 2.30 bits per heavy atom. The van der Waals surface area contributed by atoms with Gasteiger partial charge in [0.15, 0.2) is 0 Å². The van der Waals surface area contributed by atoms with E-state index in [1.165, 1.54) is 0 Å². The van der Waals surface area contributed by atoms with Gasteiger partial charge < -0.3 is 10.0 Å². The average Bonchev–Trinajstić information content (AvgIpc) is 2.39. The molecule has 0 heterocycles. The number of aliphatic hydroxyl groups excluding tert-OH is 1. The number of anilines is 1. The molecule has 0 saturated carbocycles. The van der Waals surface area contributed by atoms with Gasteiger partial charge in [0.2, 0.25) is 10.0 Å². The lowest BCUT2D eigenvalue weighted by Gasteiger charge is -2.23. The lowest BCUT2D eigenvalue weighted by Crippen LogP contribution is -2.30. The van der Waals surface area contributed by atoms with E-state index in [-0.39, 0.29) is 17.5 Å². The van der Waals surface area contributed by atoms with Gasteiger partial charge in [0.05, 0.1) is 4.90 Å². The number of nitrogens with one attached hydrogen (secondary N) is 1. The molecule has 0 saturated heterocycles. The van der Waals surface area contributed by atoms with Crippen LogP contribution in [0, 0.1) is 0 Å². The van der Waals surface area contributed by atoms with Crippen molar-refractivity contribution in [1.29, 1.82) is 0 Å². The van der Waals surface area contributed by atoms with Gasteiger partial charge in [-0.15, -0.1) is 0 Å². The van der Waals surface area contributed by atoms with Crippen LogP contribution in [0.25, 0.3) is 0 Å². The van der Waals surface area contributed by atoms with E-state index in [2.05, 4.69) is 9.62 Å². The summed E-state index contributed by atoms with van der Waals surface area (Å²) in [6.07, 6.45) is 0.697. The maximum absolute atomic E-state index is 12.0. The molecule has 1 rings (SSSR count). The van der Waals surface area contributed by atoms with Gasteiger partial charge in [-0.1, -0.05) is 0 Å². The molecule has 0 bridgehead atoms. The van der Waals surface area contributed by atoms with Crippen LogP contribution in [0.5, 0.6) is 0 Å². The minimum atomic E-state index is -3.43. The first-order chi connectivity index (χ1) is 9.40. The van der Waals surface area contributed by atoms with E-state index in [0.29, 0.717) is 6.42 Å². The molecule has 2 N–H and O–H groups in total. The maximum Gasteiger partial charge on any atom is 0.240 e. The molecule has 5 nitrogen and oxygen atoms in total. The summed E-state index contributed by atoms with van der Waals surface area (Å²) >= 11 is 0. The van der Waals surface area contributed by atoms with Crippen LogP contribution in [0.3, 0.4) is 0 Å². The van der Waals surface area contributed by atoms with Gasteiger partial charge in [-0.2, -0.15) is 0 Å². The monoisotopic (exact) mass is 300 g/mol. The van der Waals surface area contributed by atoms with Crippen molar-refractivity contribution in [1.82, 2.24) is 4.72 Å². The Morgan fingerprint density at radius 2 is 1.85 bits per heavy atom. The van der Waals surface area contributed by atoms with E-state index >= 15 is 0 Å². The quantitative estimate of drug-likeness (QED) is 0.765. The Balaban J connectivity index is 2.87. The first-order valence-electron chi connectivity index (χ1n) is 6.89. The summed E-state index contributed by atoms with van der Waals surface area (Å²) in [7, 11) is -3.43. The fraction of sp³-hybridized carbons (Fsp3) is 0.571. The van der Waals surface area contributed by atoms with Crippen molar-refractivity contribution in [2.75, 3.05) is 24.6 Å². The zero-order chi connectivity index (χ0) is 15.2. The van der Waals surface area contributed by atoms with E-state index in [9.17, 15) is 8.42 Å². The number of sulfonamides is 1. The van der Waals surface area contributed by atoms with Crippen molar-refractivity contribution in [3.63, 3.8) is 0 Å². The average molecular weight is 300 g/mol. The Hall–Kier alpha value is -1.11. The number of aliphatic hydroxyl groups is 1. The van der Waals surface area contributed by atoms with Crippen molar-refractivity contribution in [3.05, 3.63) is 24.3 Å². The van der Waals surface area contributed by atoms with Crippen LogP contribution < -0.4 is 9.62 Å². The van der Waals surface area contributed by atoms with Gasteiger partial charge in [-0.05, 0) is 51.5 Å². The molecule has 114 valence electrons. The molecule has 1 aromatic rings. The van der Waals surface area contributed by atoms with E-state index in [4.69, 9.17) is 5.11 Å². The second-order valence-electron chi connectivity index (χ2n) is 4.93. The van der Waals surface area contributed by atoms with Gasteiger partial charge in [-0.25, -0.2) is 13.1 Å². The predicted octanol–water partition coefficient (Wildman–Crippen LogP) is 1.58. The molecule has 0 aromatic heterocycles. The third kappa shape index (κ3) is 4.77. The fourth-order valence-corrected chi connectivity index (χ4v) is 3.20. The van der Waals surface area contributed by atoms with E-state index in [1.807, 2.05) is 6.92 Å². The third-order valence-electron chi connectivity index (χ3n) is 2.87. The van der Waals surface area contributed by atoms with Crippen LogP contribution in [0.15, 0.2) is 29.2 Å². The van der Waals surface area contributed by atoms with Gasteiger partial charge in [0, 0.05) is 31.4 Å². The maximum atomic E-state index is 12.0. The molecule has 0 aliphatic heterocycles. The second-order valence-corrected chi connectivity index (χ2v) is 6.64. The van der Waals surface area contributed by atoms with E-state index < -0.39 is 10.0 Å². The van der Waals surface area contributed by atoms with Gasteiger partial charge in [-0.3, -0.25) is 0 Å². The highest BCUT2D eigenvalue weighted by Crippen LogP contribution is 2.18. The van der Waals surface area contributed by atoms with Crippen LogP contribution in [0.4, 0.5) is 5.69 Å². The topological polar surface area (TPSA) is 69.6 Å². The van der Waals surface area contributed by atoms with Gasteiger partial charge in [0.25, 0.3) is 0 Å². The van der Waals surface area contributed by atoms with E-state index in [1.54, 1.807) is 38.1 Å². The highest BCUT2D eigenvalue weighted by atomic mass is 32.2. The zero-order valence-corrected chi connectivity index (χ0v) is 13.2. The van der Waals surface area contributed by atoms with Crippen LogP contribution in [-0.4, -0.2) is 39.3 Å². The first-order valence-corrected chi connectivity index (χ1v) is 8.37. The number of hydrogen-bond donors (Lipinski definition) is 2. The molecule has 1 aromatic carbocycles. The molecule has 0 radical (unpaired) electrons. The smallest absolute Gasteiger partial charge is 0.240 e. The lowest BCUT2D eigenvalue weighted by molar-refractivity contribution is 0.289. The SMILES string of the molecule is CCN(CCCO)c1ccc(S(=O)(=O)NC(C)C)cc1. The third-order valence-corrected chi connectivity index (χ3v) is 4.55. The minimum Gasteiger partial charge on any atom is -0.396 e. The molecule has 0 amide bonds.